The van der Waals surface area contributed by atoms with Gasteiger partial charge in [-0.25, -0.2) is 9.38 Å². The second kappa shape index (κ2) is 7.28. The summed E-state index contributed by atoms with van der Waals surface area (Å²) in [4.78, 5) is 5.81. The average molecular weight is 327 g/mol. The molecule has 0 amide bonds. The molecule has 0 fully saturated rings. The van der Waals surface area contributed by atoms with Crippen LogP contribution < -0.4 is 11.5 Å². The van der Waals surface area contributed by atoms with Crippen LogP contribution in [-0.4, -0.2) is 17.0 Å². The third-order valence-corrected chi connectivity index (χ3v) is 3.11. The molecule has 1 aromatic rings. The van der Waals surface area contributed by atoms with Crippen molar-refractivity contribution in [2.45, 2.75) is 6.92 Å². The van der Waals surface area contributed by atoms with Crippen LogP contribution in [0.15, 0.2) is 71.7 Å². The maximum atomic E-state index is 13.2. The molecule has 0 spiro atoms. The van der Waals surface area contributed by atoms with Gasteiger partial charge in [0.05, 0.1) is 22.9 Å². The molecule has 1 aliphatic heterocycles. The molecule has 0 bridgehead atoms. The topological polar surface area (TPSA) is 101 Å². The van der Waals surface area contributed by atoms with Gasteiger partial charge >= 0.3 is 0 Å². The van der Waals surface area contributed by atoms with Gasteiger partial charge in [0.1, 0.15) is 12.1 Å². The Labute approximate surface area is 139 Å². The fourth-order valence-electron chi connectivity index (χ4n) is 2.10. The van der Waals surface area contributed by atoms with E-state index in [2.05, 4.69) is 11.6 Å². The van der Waals surface area contributed by atoms with E-state index in [4.69, 9.17) is 21.6 Å². The van der Waals surface area contributed by atoms with E-state index in [9.17, 15) is 4.39 Å². The number of rotatable bonds is 5. The molecule has 1 heterocycles. The summed E-state index contributed by atoms with van der Waals surface area (Å²) in [6.07, 6.45) is 5.58. The van der Waals surface area contributed by atoms with E-state index in [-0.39, 0.29) is 5.82 Å². The highest BCUT2D eigenvalue weighted by atomic mass is 19.1. The summed E-state index contributed by atoms with van der Waals surface area (Å²) in [6, 6.07) is 5.72. The summed E-state index contributed by atoms with van der Waals surface area (Å²) in [5.41, 5.74) is 13.6. The molecule has 0 saturated heterocycles. The van der Waals surface area contributed by atoms with Crippen LogP contribution in [-0.2, 0) is 4.74 Å². The molecule has 0 radical (unpaired) electrons. The predicted molar refractivity (Wildman–Crippen MR) is 92.9 cm³/mol. The Kier molecular flexibility index (Phi) is 5.16. The van der Waals surface area contributed by atoms with Gasteiger partial charge in [-0.15, -0.1) is 0 Å². The molecule has 7 heteroatoms. The van der Waals surface area contributed by atoms with Crippen LogP contribution in [0, 0.1) is 11.2 Å². The van der Waals surface area contributed by atoms with Gasteiger partial charge in [0.25, 0.3) is 0 Å². The third-order valence-electron chi connectivity index (χ3n) is 3.11. The SMILES string of the molecule is C=C1OC=CN1C(=C(N)c1ccc(F)cc1)/C(=C/C=N)N=C(C)N. The van der Waals surface area contributed by atoms with Crippen LogP contribution in [0.5, 0.6) is 0 Å². The van der Waals surface area contributed by atoms with Crippen LogP contribution in [0.4, 0.5) is 4.39 Å². The molecule has 124 valence electrons. The number of aliphatic imine (C=N–C) groups is 1. The maximum Gasteiger partial charge on any atom is 0.196 e. The Morgan fingerprint density at radius 1 is 1.33 bits per heavy atom. The normalized spacial score (nSPS) is 16.1. The van der Waals surface area contributed by atoms with Crippen LogP contribution >= 0.6 is 0 Å². The van der Waals surface area contributed by atoms with E-state index in [1.807, 2.05) is 0 Å². The minimum absolute atomic E-state index is 0.294. The van der Waals surface area contributed by atoms with E-state index in [0.29, 0.717) is 34.4 Å². The molecule has 1 aromatic carbocycles. The second-order valence-electron chi connectivity index (χ2n) is 4.91. The largest absolute Gasteiger partial charge is 0.447 e. The van der Waals surface area contributed by atoms with Crippen molar-refractivity contribution in [3.05, 3.63) is 78.0 Å². The van der Waals surface area contributed by atoms with Gasteiger partial charge in [-0.05, 0) is 49.4 Å². The van der Waals surface area contributed by atoms with Crippen LogP contribution in [0.2, 0.25) is 0 Å². The first-order chi connectivity index (χ1) is 11.4. The fourth-order valence-corrected chi connectivity index (χ4v) is 2.10. The smallest absolute Gasteiger partial charge is 0.196 e. The Morgan fingerprint density at radius 3 is 2.50 bits per heavy atom. The van der Waals surface area contributed by atoms with Crippen molar-refractivity contribution in [3.63, 3.8) is 0 Å². The lowest BCUT2D eigenvalue weighted by Crippen LogP contribution is -2.20. The lowest BCUT2D eigenvalue weighted by molar-refractivity contribution is 0.303. The lowest BCUT2D eigenvalue weighted by Gasteiger charge is -2.22. The number of allylic oxidation sites excluding steroid dienone is 1. The van der Waals surface area contributed by atoms with Crippen molar-refractivity contribution in [2.24, 2.45) is 16.5 Å². The highest BCUT2D eigenvalue weighted by Crippen LogP contribution is 2.30. The second-order valence-corrected chi connectivity index (χ2v) is 4.91. The van der Waals surface area contributed by atoms with Gasteiger partial charge in [0.2, 0.25) is 0 Å². The molecular weight excluding hydrogens is 309 g/mol. The van der Waals surface area contributed by atoms with Crippen molar-refractivity contribution in [3.8, 4) is 0 Å². The zero-order valence-corrected chi connectivity index (χ0v) is 13.2. The minimum Gasteiger partial charge on any atom is -0.447 e. The Bertz CT molecular complexity index is 771. The highest BCUT2D eigenvalue weighted by molar-refractivity contribution is 5.82. The lowest BCUT2D eigenvalue weighted by atomic mass is 10.1. The number of nitrogens with one attached hydrogen (secondary N) is 1. The minimum atomic E-state index is -0.368. The molecule has 2 rings (SSSR count). The first-order valence-electron chi connectivity index (χ1n) is 7.03. The average Bonchev–Trinajstić information content (AvgIpc) is 2.94. The van der Waals surface area contributed by atoms with Crippen molar-refractivity contribution in [1.29, 1.82) is 5.41 Å². The Hall–Kier alpha value is -3.35. The summed E-state index contributed by atoms with van der Waals surface area (Å²) in [5, 5.41) is 7.35. The van der Waals surface area contributed by atoms with Crippen molar-refractivity contribution >= 4 is 17.7 Å². The number of nitrogens with two attached hydrogens (primary N) is 2. The van der Waals surface area contributed by atoms with Crippen LogP contribution in [0.25, 0.3) is 5.70 Å². The van der Waals surface area contributed by atoms with Gasteiger partial charge in [0.15, 0.2) is 5.88 Å². The molecule has 0 atom stereocenters. The molecule has 0 saturated carbocycles. The molecule has 24 heavy (non-hydrogen) atoms. The number of hydrogen-bond donors (Lipinski definition) is 3. The predicted octanol–water partition coefficient (Wildman–Crippen LogP) is 2.64. The first kappa shape index (κ1) is 17.0. The number of hydrogen-bond acceptors (Lipinski definition) is 5. The molecule has 1 aliphatic rings. The van der Waals surface area contributed by atoms with Crippen molar-refractivity contribution in [1.82, 2.24) is 4.90 Å². The molecule has 6 nitrogen and oxygen atoms in total. The van der Waals surface area contributed by atoms with Gasteiger partial charge in [-0.3, -0.25) is 4.90 Å². The Balaban J connectivity index is 2.67. The number of nitrogens with zero attached hydrogens (tertiary/aromatic N) is 2. The summed E-state index contributed by atoms with van der Waals surface area (Å²) in [7, 11) is 0. The van der Waals surface area contributed by atoms with Crippen molar-refractivity contribution in [2.75, 3.05) is 0 Å². The van der Waals surface area contributed by atoms with Gasteiger partial charge in [-0.2, -0.15) is 0 Å². The Morgan fingerprint density at radius 2 is 2.00 bits per heavy atom. The molecule has 0 aliphatic carbocycles. The number of amidine groups is 1. The quantitative estimate of drug-likeness (QED) is 0.439. The van der Waals surface area contributed by atoms with Crippen molar-refractivity contribution < 1.29 is 9.13 Å². The van der Waals surface area contributed by atoms with Gasteiger partial charge in [0, 0.05) is 12.4 Å². The third kappa shape index (κ3) is 3.70. The molecular formula is C17H18FN5O. The molecule has 5 N–H and O–H groups in total. The molecule has 0 unspecified atom stereocenters. The zero-order chi connectivity index (χ0) is 17.7. The maximum absolute atomic E-state index is 13.2. The number of halogens is 1. The van der Waals surface area contributed by atoms with E-state index in [0.717, 1.165) is 6.21 Å². The van der Waals surface area contributed by atoms with E-state index >= 15 is 0 Å². The summed E-state index contributed by atoms with van der Waals surface area (Å²) < 4.78 is 18.4. The summed E-state index contributed by atoms with van der Waals surface area (Å²) >= 11 is 0. The number of benzene rings is 1. The van der Waals surface area contributed by atoms with Crippen LogP contribution in [0.3, 0.4) is 0 Å². The van der Waals surface area contributed by atoms with E-state index in [1.54, 1.807) is 30.2 Å². The highest BCUT2D eigenvalue weighted by Gasteiger charge is 2.23. The summed E-state index contributed by atoms with van der Waals surface area (Å²) in [6.45, 7) is 5.42. The van der Waals surface area contributed by atoms with E-state index in [1.165, 1.54) is 24.5 Å². The first-order valence-corrected chi connectivity index (χ1v) is 7.03. The fraction of sp³-hybridized carbons (Fsp3) is 0.0588. The van der Waals surface area contributed by atoms with E-state index < -0.39 is 0 Å². The monoisotopic (exact) mass is 327 g/mol. The van der Waals surface area contributed by atoms with Crippen LogP contribution in [0.1, 0.15) is 12.5 Å². The zero-order valence-electron chi connectivity index (χ0n) is 13.2. The summed E-state index contributed by atoms with van der Waals surface area (Å²) in [5.74, 6) is 0.242. The van der Waals surface area contributed by atoms with Gasteiger partial charge < -0.3 is 21.6 Å². The molecule has 0 aromatic heterocycles. The number of ether oxygens (including phenoxy) is 1. The van der Waals surface area contributed by atoms with Gasteiger partial charge in [-0.1, -0.05) is 0 Å². The standard InChI is InChI=1S/C17H18FN5O/c1-11(20)22-15(7-8-19)17(23-9-10-24-12(23)2)16(21)13-3-5-14(18)6-4-13/h3-10,19H,2,21H2,1H3,(H2,20,22)/b15-7-,17-16?,19-8?.